The first kappa shape index (κ1) is 17.2. The second-order valence-corrected chi connectivity index (χ2v) is 5.56. The maximum Gasteiger partial charge on any atom is 0.313 e. The Morgan fingerprint density at radius 1 is 1.00 bits per heavy atom. The van der Waals surface area contributed by atoms with Crippen LogP contribution in [0.2, 0.25) is 10.0 Å². The van der Waals surface area contributed by atoms with Crippen LogP contribution in [0.15, 0.2) is 42.5 Å². The third-order valence-corrected chi connectivity index (χ3v) is 3.54. The first-order valence-corrected chi connectivity index (χ1v) is 7.50. The van der Waals surface area contributed by atoms with Crippen molar-refractivity contribution < 1.29 is 14.0 Å². The number of nitrogens with one attached hydrogen (secondary N) is 2. The summed E-state index contributed by atoms with van der Waals surface area (Å²) in [6.45, 7) is 0.304. The van der Waals surface area contributed by atoms with Crippen molar-refractivity contribution in [1.82, 2.24) is 5.32 Å². The van der Waals surface area contributed by atoms with Crippen LogP contribution in [0.4, 0.5) is 10.1 Å². The first-order chi connectivity index (χ1) is 11.0. The second-order valence-electron chi connectivity index (χ2n) is 4.72. The van der Waals surface area contributed by atoms with Crippen molar-refractivity contribution >= 4 is 40.7 Å². The van der Waals surface area contributed by atoms with Crippen LogP contribution >= 0.6 is 23.2 Å². The van der Waals surface area contributed by atoms with Crippen molar-refractivity contribution in [2.45, 2.75) is 6.42 Å². The van der Waals surface area contributed by atoms with E-state index in [0.717, 1.165) is 11.6 Å². The molecular weight excluding hydrogens is 342 g/mol. The molecule has 0 saturated carbocycles. The van der Waals surface area contributed by atoms with E-state index in [1.165, 1.54) is 12.1 Å². The van der Waals surface area contributed by atoms with Crippen molar-refractivity contribution in [1.29, 1.82) is 0 Å². The van der Waals surface area contributed by atoms with Gasteiger partial charge >= 0.3 is 11.8 Å². The summed E-state index contributed by atoms with van der Waals surface area (Å²) >= 11 is 11.4. The van der Waals surface area contributed by atoms with Crippen molar-refractivity contribution in [3.05, 3.63) is 63.9 Å². The maximum absolute atomic E-state index is 13.0. The average Bonchev–Trinajstić information content (AvgIpc) is 2.52. The van der Waals surface area contributed by atoms with E-state index >= 15 is 0 Å². The molecule has 0 aliphatic rings. The van der Waals surface area contributed by atoms with Gasteiger partial charge in [0.1, 0.15) is 5.82 Å². The summed E-state index contributed by atoms with van der Waals surface area (Å²) in [7, 11) is 0. The average molecular weight is 355 g/mol. The third kappa shape index (κ3) is 5.23. The van der Waals surface area contributed by atoms with Gasteiger partial charge in [0, 0.05) is 17.3 Å². The largest absolute Gasteiger partial charge is 0.347 e. The van der Waals surface area contributed by atoms with Crippen LogP contribution in [-0.4, -0.2) is 18.4 Å². The molecule has 4 nitrogen and oxygen atoms in total. The highest BCUT2D eigenvalue weighted by Crippen LogP contribution is 2.19. The molecule has 2 N–H and O–H groups in total. The lowest BCUT2D eigenvalue weighted by Gasteiger charge is -2.07. The number of amides is 2. The zero-order valence-corrected chi connectivity index (χ0v) is 13.4. The monoisotopic (exact) mass is 354 g/mol. The van der Waals surface area contributed by atoms with Gasteiger partial charge in [-0.25, -0.2) is 4.39 Å². The van der Waals surface area contributed by atoms with E-state index in [-0.39, 0.29) is 10.7 Å². The molecular formula is C16H13Cl2FN2O2. The van der Waals surface area contributed by atoms with E-state index in [0.29, 0.717) is 18.0 Å². The summed E-state index contributed by atoms with van der Waals surface area (Å²) in [4.78, 5) is 23.4. The molecule has 0 saturated heterocycles. The zero-order valence-electron chi connectivity index (χ0n) is 11.9. The Kier molecular flexibility index (Phi) is 5.96. The van der Waals surface area contributed by atoms with Gasteiger partial charge in [-0.15, -0.1) is 0 Å². The van der Waals surface area contributed by atoms with E-state index in [1.807, 2.05) is 12.1 Å². The smallest absolute Gasteiger partial charge is 0.313 e. The highest BCUT2D eigenvalue weighted by Gasteiger charge is 2.13. The number of carbonyl (C=O) groups excluding carboxylic acids is 2. The zero-order chi connectivity index (χ0) is 16.8. The van der Waals surface area contributed by atoms with E-state index in [9.17, 15) is 14.0 Å². The van der Waals surface area contributed by atoms with Crippen LogP contribution in [0, 0.1) is 5.82 Å². The topological polar surface area (TPSA) is 58.2 Å². The molecule has 2 rings (SSSR count). The Bertz CT molecular complexity index is 721. The fourth-order valence-corrected chi connectivity index (χ4v) is 2.12. The molecule has 0 aromatic heterocycles. The third-order valence-electron chi connectivity index (χ3n) is 3.00. The first-order valence-electron chi connectivity index (χ1n) is 6.74. The fraction of sp³-hybridized carbons (Fsp3) is 0.125. The van der Waals surface area contributed by atoms with Gasteiger partial charge in [-0.05, 0) is 42.3 Å². The van der Waals surface area contributed by atoms with E-state index in [1.54, 1.807) is 12.1 Å². The van der Waals surface area contributed by atoms with E-state index in [4.69, 9.17) is 23.2 Å². The molecule has 23 heavy (non-hydrogen) atoms. The van der Waals surface area contributed by atoms with Crippen molar-refractivity contribution in [2.24, 2.45) is 0 Å². The minimum atomic E-state index is -0.844. The standard InChI is InChI=1S/C16H13Cl2FN2O2/c17-11-3-1-10(2-4-11)7-8-20-15(22)16(23)21-12-5-6-14(19)13(18)9-12/h1-6,9H,7-8H2,(H,20,22)(H,21,23). The van der Waals surface area contributed by atoms with Gasteiger partial charge in [-0.3, -0.25) is 9.59 Å². The molecule has 7 heteroatoms. The molecule has 0 unspecified atom stereocenters. The van der Waals surface area contributed by atoms with Crippen LogP contribution in [0.5, 0.6) is 0 Å². The van der Waals surface area contributed by atoms with Gasteiger partial charge in [-0.1, -0.05) is 35.3 Å². The van der Waals surface area contributed by atoms with E-state index < -0.39 is 17.6 Å². The molecule has 2 aromatic carbocycles. The number of anilines is 1. The minimum Gasteiger partial charge on any atom is -0.347 e. The lowest BCUT2D eigenvalue weighted by atomic mass is 10.1. The Labute approximate surface area is 142 Å². The highest BCUT2D eigenvalue weighted by molar-refractivity contribution is 6.39. The van der Waals surface area contributed by atoms with Gasteiger partial charge < -0.3 is 10.6 Å². The molecule has 0 aliphatic carbocycles. The lowest BCUT2D eigenvalue weighted by Crippen LogP contribution is -2.36. The summed E-state index contributed by atoms with van der Waals surface area (Å²) in [5.41, 5.74) is 1.23. The molecule has 0 aliphatic heterocycles. The van der Waals surface area contributed by atoms with Crippen molar-refractivity contribution in [2.75, 3.05) is 11.9 Å². The fourth-order valence-electron chi connectivity index (χ4n) is 1.81. The second kappa shape index (κ2) is 7.94. The lowest BCUT2D eigenvalue weighted by molar-refractivity contribution is -0.136. The normalized spacial score (nSPS) is 10.2. The predicted molar refractivity (Wildman–Crippen MR) is 88.2 cm³/mol. The summed E-state index contributed by atoms with van der Waals surface area (Å²) in [5.74, 6) is -2.22. The SMILES string of the molecule is O=C(NCCc1ccc(Cl)cc1)C(=O)Nc1ccc(F)c(Cl)c1. The molecule has 0 bridgehead atoms. The Hall–Kier alpha value is -2.11. The van der Waals surface area contributed by atoms with Crippen molar-refractivity contribution in [3.63, 3.8) is 0 Å². The molecule has 0 radical (unpaired) electrons. The molecule has 0 atom stereocenters. The van der Waals surface area contributed by atoms with Crippen LogP contribution in [0.1, 0.15) is 5.56 Å². The van der Waals surface area contributed by atoms with Crippen LogP contribution in [0.25, 0.3) is 0 Å². The van der Waals surface area contributed by atoms with Crippen LogP contribution in [-0.2, 0) is 16.0 Å². The number of benzene rings is 2. The molecule has 0 spiro atoms. The van der Waals surface area contributed by atoms with Gasteiger partial charge in [-0.2, -0.15) is 0 Å². The quantitative estimate of drug-likeness (QED) is 0.826. The molecule has 120 valence electrons. The highest BCUT2D eigenvalue weighted by atomic mass is 35.5. The summed E-state index contributed by atoms with van der Waals surface area (Å²) in [6.07, 6.45) is 0.568. The van der Waals surface area contributed by atoms with Crippen molar-refractivity contribution in [3.8, 4) is 0 Å². The Morgan fingerprint density at radius 3 is 2.35 bits per heavy atom. The number of halogens is 3. The van der Waals surface area contributed by atoms with Gasteiger partial charge in [0.25, 0.3) is 0 Å². The van der Waals surface area contributed by atoms with Crippen LogP contribution < -0.4 is 10.6 Å². The van der Waals surface area contributed by atoms with Gasteiger partial charge in [0.2, 0.25) is 0 Å². The Balaban J connectivity index is 1.81. The predicted octanol–water partition coefficient (Wildman–Crippen LogP) is 3.43. The van der Waals surface area contributed by atoms with Gasteiger partial charge in [0.05, 0.1) is 5.02 Å². The summed E-state index contributed by atoms with van der Waals surface area (Å²) in [5, 5.41) is 5.35. The number of hydrogen-bond donors (Lipinski definition) is 2. The number of carbonyl (C=O) groups is 2. The summed E-state index contributed by atoms with van der Waals surface area (Å²) < 4.78 is 13.0. The molecule has 2 amide bonds. The van der Waals surface area contributed by atoms with Gasteiger partial charge in [0.15, 0.2) is 0 Å². The Morgan fingerprint density at radius 2 is 1.70 bits per heavy atom. The number of rotatable bonds is 4. The minimum absolute atomic E-state index is 0.133. The summed E-state index contributed by atoms with van der Waals surface area (Å²) in [6, 6.07) is 10.9. The maximum atomic E-state index is 13.0. The molecule has 2 aromatic rings. The number of hydrogen-bond acceptors (Lipinski definition) is 2. The van der Waals surface area contributed by atoms with E-state index in [2.05, 4.69) is 10.6 Å². The molecule has 0 heterocycles. The molecule has 0 fully saturated rings. The van der Waals surface area contributed by atoms with Crippen LogP contribution in [0.3, 0.4) is 0 Å².